The Morgan fingerprint density at radius 3 is 2.68 bits per heavy atom. The number of rotatable bonds is 6. The van der Waals surface area contributed by atoms with Crippen molar-refractivity contribution in [3.63, 3.8) is 0 Å². The van der Waals surface area contributed by atoms with E-state index in [-0.39, 0.29) is 5.91 Å². The lowest BCUT2D eigenvalue weighted by molar-refractivity contribution is 0.0951. The van der Waals surface area contributed by atoms with Crippen LogP contribution in [0.15, 0.2) is 54.0 Å². The normalized spacial score (nSPS) is 10.3. The van der Waals surface area contributed by atoms with Crippen molar-refractivity contribution in [1.82, 2.24) is 10.3 Å². The van der Waals surface area contributed by atoms with Gasteiger partial charge in [-0.15, -0.1) is 11.3 Å². The summed E-state index contributed by atoms with van der Waals surface area (Å²) in [5.41, 5.74) is 2.48. The van der Waals surface area contributed by atoms with E-state index in [2.05, 4.69) is 10.3 Å². The van der Waals surface area contributed by atoms with Crippen molar-refractivity contribution in [2.45, 2.75) is 6.54 Å². The molecule has 1 heterocycles. The van der Waals surface area contributed by atoms with Crippen LogP contribution in [0.4, 0.5) is 0 Å². The molecule has 0 atom stereocenters. The molecule has 1 N–H and O–H groups in total. The highest BCUT2D eigenvalue weighted by molar-refractivity contribution is 7.13. The summed E-state index contributed by atoms with van der Waals surface area (Å²) in [5.74, 6) is 1.17. The van der Waals surface area contributed by atoms with E-state index in [1.807, 2.05) is 41.8 Å². The van der Waals surface area contributed by atoms with Gasteiger partial charge in [-0.05, 0) is 29.8 Å². The molecule has 128 valence electrons. The van der Waals surface area contributed by atoms with Crippen LogP contribution in [0.1, 0.15) is 15.9 Å². The molecule has 1 aromatic heterocycles. The number of nitrogens with one attached hydrogen (secondary N) is 1. The van der Waals surface area contributed by atoms with Gasteiger partial charge >= 0.3 is 0 Å². The van der Waals surface area contributed by atoms with E-state index in [0.717, 1.165) is 16.1 Å². The number of amides is 1. The molecular weight excluding hydrogens is 336 g/mol. The maximum Gasteiger partial charge on any atom is 0.251 e. The van der Waals surface area contributed by atoms with Gasteiger partial charge in [-0.25, -0.2) is 4.98 Å². The molecule has 3 rings (SSSR count). The summed E-state index contributed by atoms with van der Waals surface area (Å²) in [6.45, 7) is 0.403. The van der Waals surface area contributed by atoms with E-state index in [0.29, 0.717) is 23.6 Å². The Balaban J connectivity index is 1.70. The lowest BCUT2D eigenvalue weighted by Gasteiger charge is -2.10. The number of aromatic nitrogens is 1. The van der Waals surface area contributed by atoms with Gasteiger partial charge in [0, 0.05) is 29.2 Å². The van der Waals surface area contributed by atoms with E-state index in [1.165, 1.54) is 0 Å². The Labute approximate surface area is 150 Å². The van der Waals surface area contributed by atoms with Crippen molar-refractivity contribution < 1.29 is 14.3 Å². The average Bonchev–Trinajstić information content (AvgIpc) is 3.20. The Morgan fingerprint density at radius 2 is 1.96 bits per heavy atom. The number of methoxy groups -OCH3 is 2. The average molecular weight is 354 g/mol. The molecule has 2 aromatic carbocycles. The molecule has 0 saturated carbocycles. The van der Waals surface area contributed by atoms with Crippen LogP contribution in [-0.2, 0) is 6.54 Å². The minimum absolute atomic E-state index is 0.131. The van der Waals surface area contributed by atoms with E-state index in [4.69, 9.17) is 9.47 Å². The van der Waals surface area contributed by atoms with Gasteiger partial charge in [-0.1, -0.05) is 18.2 Å². The molecule has 0 spiro atoms. The van der Waals surface area contributed by atoms with Gasteiger partial charge in [0.15, 0.2) is 11.5 Å². The quantitative estimate of drug-likeness (QED) is 0.732. The van der Waals surface area contributed by atoms with Gasteiger partial charge in [0.1, 0.15) is 5.01 Å². The van der Waals surface area contributed by atoms with Crippen LogP contribution in [0.2, 0.25) is 0 Å². The molecule has 0 fully saturated rings. The summed E-state index contributed by atoms with van der Waals surface area (Å²) in [6.07, 6.45) is 1.75. The lowest BCUT2D eigenvalue weighted by atomic mass is 10.1. The smallest absolute Gasteiger partial charge is 0.251 e. The van der Waals surface area contributed by atoms with Crippen LogP contribution >= 0.6 is 11.3 Å². The Morgan fingerprint density at radius 1 is 1.12 bits per heavy atom. The molecule has 0 saturated heterocycles. The third-order valence-corrected chi connectivity index (χ3v) is 4.53. The van der Waals surface area contributed by atoms with Gasteiger partial charge in [-0.2, -0.15) is 0 Å². The zero-order valence-corrected chi connectivity index (χ0v) is 14.8. The molecule has 1 amide bonds. The van der Waals surface area contributed by atoms with E-state index in [1.54, 1.807) is 37.8 Å². The fraction of sp³-hybridized carbons (Fsp3) is 0.158. The molecule has 6 heteroatoms. The van der Waals surface area contributed by atoms with Crippen molar-refractivity contribution in [2.24, 2.45) is 0 Å². The number of ether oxygens (including phenoxy) is 2. The predicted molar refractivity (Wildman–Crippen MR) is 98.3 cm³/mol. The number of hydrogen-bond acceptors (Lipinski definition) is 5. The summed E-state index contributed by atoms with van der Waals surface area (Å²) in [6, 6.07) is 13.0. The largest absolute Gasteiger partial charge is 0.493 e. The van der Waals surface area contributed by atoms with E-state index in [9.17, 15) is 4.79 Å². The van der Waals surface area contributed by atoms with Gasteiger partial charge < -0.3 is 14.8 Å². The molecule has 5 nitrogen and oxygen atoms in total. The van der Waals surface area contributed by atoms with Crippen molar-refractivity contribution >= 4 is 17.2 Å². The topological polar surface area (TPSA) is 60.5 Å². The van der Waals surface area contributed by atoms with E-state index >= 15 is 0 Å². The summed E-state index contributed by atoms with van der Waals surface area (Å²) >= 11 is 1.55. The second-order valence-corrected chi connectivity index (χ2v) is 6.18. The fourth-order valence-electron chi connectivity index (χ4n) is 2.43. The maximum absolute atomic E-state index is 12.4. The Hall–Kier alpha value is -2.86. The molecule has 0 aliphatic rings. The second kappa shape index (κ2) is 7.81. The SMILES string of the molecule is COc1ccc(CNC(=O)c2cccc(-c3nccs3)c2)cc1OC. The molecular formula is C19H18N2O3S. The first kappa shape index (κ1) is 17.0. The van der Waals surface area contributed by atoms with Crippen LogP contribution in [0, 0.1) is 0 Å². The van der Waals surface area contributed by atoms with Crippen molar-refractivity contribution in [3.8, 4) is 22.1 Å². The predicted octanol–water partition coefficient (Wildman–Crippen LogP) is 3.76. The van der Waals surface area contributed by atoms with Crippen LogP contribution in [0.3, 0.4) is 0 Å². The van der Waals surface area contributed by atoms with Crippen molar-refractivity contribution in [3.05, 3.63) is 65.2 Å². The molecule has 0 aliphatic heterocycles. The van der Waals surface area contributed by atoms with Crippen LogP contribution in [0.5, 0.6) is 11.5 Å². The van der Waals surface area contributed by atoms with Gasteiger partial charge in [0.05, 0.1) is 14.2 Å². The third-order valence-electron chi connectivity index (χ3n) is 3.71. The molecule has 0 aliphatic carbocycles. The van der Waals surface area contributed by atoms with Crippen LogP contribution in [0.25, 0.3) is 10.6 Å². The summed E-state index contributed by atoms with van der Waals surface area (Å²) in [5, 5.41) is 5.74. The Kier molecular flexibility index (Phi) is 5.30. The Bertz CT molecular complexity index is 863. The summed E-state index contributed by atoms with van der Waals surface area (Å²) in [7, 11) is 3.18. The lowest BCUT2D eigenvalue weighted by Crippen LogP contribution is -2.22. The van der Waals surface area contributed by atoms with Crippen molar-refractivity contribution in [1.29, 1.82) is 0 Å². The number of carbonyl (C=O) groups excluding carboxylic acids is 1. The van der Waals surface area contributed by atoms with Gasteiger partial charge in [-0.3, -0.25) is 4.79 Å². The highest BCUT2D eigenvalue weighted by atomic mass is 32.1. The first-order valence-electron chi connectivity index (χ1n) is 7.70. The van der Waals surface area contributed by atoms with E-state index < -0.39 is 0 Å². The first-order chi connectivity index (χ1) is 12.2. The minimum atomic E-state index is -0.131. The number of thiazole rings is 1. The number of nitrogens with zero attached hydrogens (tertiary/aromatic N) is 1. The summed E-state index contributed by atoms with van der Waals surface area (Å²) in [4.78, 5) is 16.7. The molecule has 25 heavy (non-hydrogen) atoms. The first-order valence-corrected chi connectivity index (χ1v) is 8.58. The van der Waals surface area contributed by atoms with Gasteiger partial charge in [0.2, 0.25) is 0 Å². The standard InChI is InChI=1S/C19H18N2O3S/c1-23-16-7-6-13(10-17(16)24-2)12-21-18(22)14-4-3-5-15(11-14)19-20-8-9-25-19/h3-11H,12H2,1-2H3,(H,21,22). The fourth-order valence-corrected chi connectivity index (χ4v) is 3.07. The number of hydrogen-bond donors (Lipinski definition) is 1. The molecule has 0 radical (unpaired) electrons. The highest BCUT2D eigenvalue weighted by Gasteiger charge is 2.09. The molecule has 0 unspecified atom stereocenters. The summed E-state index contributed by atoms with van der Waals surface area (Å²) < 4.78 is 10.5. The minimum Gasteiger partial charge on any atom is -0.493 e. The number of carbonyl (C=O) groups is 1. The van der Waals surface area contributed by atoms with Gasteiger partial charge in [0.25, 0.3) is 5.91 Å². The monoisotopic (exact) mass is 354 g/mol. The van der Waals surface area contributed by atoms with Crippen LogP contribution < -0.4 is 14.8 Å². The zero-order chi connectivity index (χ0) is 17.6. The molecule has 0 bridgehead atoms. The zero-order valence-electron chi connectivity index (χ0n) is 14.0. The molecule has 3 aromatic rings. The highest BCUT2D eigenvalue weighted by Crippen LogP contribution is 2.27. The van der Waals surface area contributed by atoms with Crippen molar-refractivity contribution in [2.75, 3.05) is 14.2 Å². The maximum atomic E-state index is 12.4. The van der Waals surface area contributed by atoms with Crippen LogP contribution in [-0.4, -0.2) is 25.1 Å². The third kappa shape index (κ3) is 3.97. The number of benzene rings is 2. The second-order valence-electron chi connectivity index (χ2n) is 5.29.